The zero-order chi connectivity index (χ0) is 14.5. The van der Waals surface area contributed by atoms with Gasteiger partial charge in [0.1, 0.15) is 0 Å². The molecule has 4 nitrogen and oxygen atoms in total. The van der Waals surface area contributed by atoms with Crippen LogP contribution < -0.4 is 11.3 Å². The van der Waals surface area contributed by atoms with Crippen LogP contribution in [0.2, 0.25) is 5.02 Å². The van der Waals surface area contributed by atoms with Crippen molar-refractivity contribution in [1.82, 2.24) is 15.2 Å². The summed E-state index contributed by atoms with van der Waals surface area (Å²) in [6, 6.07) is 8.03. The Bertz CT molecular complexity index is 570. The third-order valence-corrected chi connectivity index (χ3v) is 4.25. The van der Waals surface area contributed by atoms with Gasteiger partial charge in [0.25, 0.3) is 0 Å². The Morgan fingerprint density at radius 1 is 1.45 bits per heavy atom. The summed E-state index contributed by atoms with van der Waals surface area (Å²) in [5.74, 6) is 5.73. The van der Waals surface area contributed by atoms with E-state index in [0.29, 0.717) is 5.02 Å². The average Bonchev–Trinajstić information content (AvgIpc) is 2.80. The van der Waals surface area contributed by atoms with Crippen molar-refractivity contribution < 1.29 is 0 Å². The predicted octanol–water partition coefficient (Wildman–Crippen LogP) is 3.46. The highest BCUT2D eigenvalue weighted by atomic mass is 79.9. The molecule has 0 radical (unpaired) electrons. The van der Waals surface area contributed by atoms with Gasteiger partial charge in [-0.3, -0.25) is 16.0 Å². The molecule has 1 aromatic carbocycles. The molecular weight excluding hydrogens is 340 g/mol. The number of rotatable bonds is 6. The van der Waals surface area contributed by atoms with Gasteiger partial charge in [0.05, 0.1) is 23.0 Å². The van der Waals surface area contributed by atoms with Crippen molar-refractivity contribution in [2.24, 2.45) is 5.84 Å². The first-order chi connectivity index (χ1) is 9.67. The van der Waals surface area contributed by atoms with Gasteiger partial charge in [-0.1, -0.05) is 52.7 Å². The highest BCUT2D eigenvalue weighted by Crippen LogP contribution is 2.28. The van der Waals surface area contributed by atoms with Crippen molar-refractivity contribution in [2.75, 3.05) is 0 Å². The number of halogens is 2. The van der Waals surface area contributed by atoms with Crippen LogP contribution in [0.15, 0.2) is 34.9 Å². The van der Waals surface area contributed by atoms with Gasteiger partial charge in [0.15, 0.2) is 0 Å². The molecule has 20 heavy (non-hydrogen) atoms. The van der Waals surface area contributed by atoms with Gasteiger partial charge in [-0.25, -0.2) is 0 Å². The van der Waals surface area contributed by atoms with E-state index < -0.39 is 0 Å². The Labute approximate surface area is 132 Å². The lowest BCUT2D eigenvalue weighted by Crippen LogP contribution is -2.31. The highest BCUT2D eigenvalue weighted by Gasteiger charge is 2.20. The molecule has 0 spiro atoms. The summed E-state index contributed by atoms with van der Waals surface area (Å²) >= 11 is 9.83. The van der Waals surface area contributed by atoms with E-state index in [-0.39, 0.29) is 6.04 Å². The molecule has 1 heterocycles. The summed E-state index contributed by atoms with van der Waals surface area (Å²) in [6.45, 7) is 2.94. The molecule has 108 valence electrons. The summed E-state index contributed by atoms with van der Waals surface area (Å²) in [4.78, 5) is 0. The van der Waals surface area contributed by atoms with Gasteiger partial charge in [-0.2, -0.15) is 5.10 Å². The fourth-order valence-electron chi connectivity index (χ4n) is 2.23. The van der Waals surface area contributed by atoms with E-state index in [0.717, 1.165) is 29.6 Å². The molecule has 0 saturated carbocycles. The topological polar surface area (TPSA) is 55.9 Å². The molecule has 0 aliphatic rings. The SMILES string of the molecule is CCCn1ncc(Cl)c1C(Cc1ccccc1Br)NN. The lowest BCUT2D eigenvalue weighted by atomic mass is 10.0. The molecule has 0 fully saturated rings. The van der Waals surface area contributed by atoms with E-state index in [1.165, 1.54) is 5.56 Å². The maximum Gasteiger partial charge on any atom is 0.0834 e. The van der Waals surface area contributed by atoms with Crippen molar-refractivity contribution in [3.05, 3.63) is 51.2 Å². The number of hydrazine groups is 1. The Hall–Kier alpha value is -0.880. The molecule has 1 unspecified atom stereocenters. The minimum atomic E-state index is -0.0738. The standard InChI is InChI=1S/C14H18BrClN4/c1-2-7-20-14(12(16)9-18-20)13(19-17)8-10-5-3-4-6-11(10)15/h3-6,9,13,19H,2,7-8,17H2,1H3. The van der Waals surface area contributed by atoms with Crippen LogP contribution in [-0.2, 0) is 13.0 Å². The molecule has 0 aliphatic carbocycles. The van der Waals surface area contributed by atoms with Crippen LogP contribution in [0.3, 0.4) is 0 Å². The van der Waals surface area contributed by atoms with E-state index in [1.807, 2.05) is 22.9 Å². The van der Waals surface area contributed by atoms with Crippen LogP contribution in [0.25, 0.3) is 0 Å². The lowest BCUT2D eigenvalue weighted by Gasteiger charge is -2.19. The summed E-state index contributed by atoms with van der Waals surface area (Å²) in [7, 11) is 0. The van der Waals surface area contributed by atoms with Crippen molar-refractivity contribution in [3.8, 4) is 0 Å². The smallest absolute Gasteiger partial charge is 0.0834 e. The normalized spacial score (nSPS) is 12.6. The molecule has 0 aliphatic heterocycles. The van der Waals surface area contributed by atoms with Crippen LogP contribution in [0.4, 0.5) is 0 Å². The minimum Gasteiger partial charge on any atom is -0.271 e. The molecule has 1 atom stereocenters. The van der Waals surface area contributed by atoms with E-state index in [1.54, 1.807) is 6.20 Å². The Balaban J connectivity index is 2.29. The van der Waals surface area contributed by atoms with Crippen molar-refractivity contribution >= 4 is 27.5 Å². The largest absolute Gasteiger partial charge is 0.271 e. The molecule has 0 bridgehead atoms. The van der Waals surface area contributed by atoms with Gasteiger partial charge >= 0.3 is 0 Å². The van der Waals surface area contributed by atoms with E-state index in [4.69, 9.17) is 17.4 Å². The summed E-state index contributed by atoms with van der Waals surface area (Å²) in [6.07, 6.45) is 3.42. The Morgan fingerprint density at radius 2 is 2.20 bits per heavy atom. The van der Waals surface area contributed by atoms with Gasteiger partial charge in [-0.15, -0.1) is 0 Å². The third-order valence-electron chi connectivity index (χ3n) is 3.18. The van der Waals surface area contributed by atoms with Crippen molar-refractivity contribution in [1.29, 1.82) is 0 Å². The quantitative estimate of drug-likeness (QED) is 0.615. The molecule has 3 N–H and O–H groups in total. The number of aryl methyl sites for hydroxylation is 1. The number of benzene rings is 1. The summed E-state index contributed by atoms with van der Waals surface area (Å²) < 4.78 is 2.99. The third kappa shape index (κ3) is 3.41. The van der Waals surface area contributed by atoms with E-state index in [9.17, 15) is 0 Å². The first kappa shape index (κ1) is 15.5. The zero-order valence-corrected chi connectivity index (χ0v) is 13.7. The number of nitrogens with zero attached hydrogens (tertiary/aromatic N) is 2. The second-order valence-electron chi connectivity index (χ2n) is 4.62. The van der Waals surface area contributed by atoms with Crippen molar-refractivity contribution in [3.63, 3.8) is 0 Å². The molecule has 2 aromatic rings. The molecule has 0 saturated heterocycles. The second-order valence-corrected chi connectivity index (χ2v) is 5.88. The average molecular weight is 358 g/mol. The number of nitrogens with one attached hydrogen (secondary N) is 1. The summed E-state index contributed by atoms with van der Waals surface area (Å²) in [5.41, 5.74) is 4.97. The minimum absolute atomic E-state index is 0.0738. The van der Waals surface area contributed by atoms with E-state index in [2.05, 4.69) is 39.4 Å². The number of hydrogen-bond donors (Lipinski definition) is 2. The predicted molar refractivity (Wildman–Crippen MR) is 85.4 cm³/mol. The molecule has 1 aromatic heterocycles. The Morgan fingerprint density at radius 3 is 2.85 bits per heavy atom. The van der Waals surface area contributed by atoms with Gasteiger partial charge < -0.3 is 0 Å². The molecule has 6 heteroatoms. The van der Waals surface area contributed by atoms with Crippen LogP contribution in [0, 0.1) is 0 Å². The van der Waals surface area contributed by atoms with Crippen LogP contribution >= 0.6 is 27.5 Å². The van der Waals surface area contributed by atoms with E-state index >= 15 is 0 Å². The molecule has 0 amide bonds. The fraction of sp³-hybridized carbons (Fsp3) is 0.357. The fourth-order valence-corrected chi connectivity index (χ4v) is 2.95. The van der Waals surface area contributed by atoms with Crippen molar-refractivity contribution in [2.45, 2.75) is 32.4 Å². The van der Waals surface area contributed by atoms with Crippen LogP contribution in [0.1, 0.15) is 30.6 Å². The number of hydrogen-bond acceptors (Lipinski definition) is 3. The van der Waals surface area contributed by atoms with Crippen LogP contribution in [-0.4, -0.2) is 9.78 Å². The summed E-state index contributed by atoms with van der Waals surface area (Å²) in [5, 5.41) is 4.96. The first-order valence-corrected chi connectivity index (χ1v) is 7.75. The highest BCUT2D eigenvalue weighted by molar-refractivity contribution is 9.10. The van der Waals surface area contributed by atoms with Gasteiger partial charge in [-0.05, 0) is 24.5 Å². The second kappa shape index (κ2) is 7.22. The maximum absolute atomic E-state index is 6.27. The van der Waals surface area contributed by atoms with Crippen LogP contribution in [0.5, 0.6) is 0 Å². The first-order valence-electron chi connectivity index (χ1n) is 6.58. The maximum atomic E-state index is 6.27. The monoisotopic (exact) mass is 356 g/mol. The number of aromatic nitrogens is 2. The molecule has 2 rings (SSSR count). The zero-order valence-electron chi connectivity index (χ0n) is 11.3. The number of nitrogens with two attached hydrogens (primary N) is 1. The molecular formula is C14H18BrClN4. The Kier molecular flexibility index (Phi) is 5.60. The van der Waals surface area contributed by atoms with Gasteiger partial charge in [0, 0.05) is 11.0 Å². The van der Waals surface area contributed by atoms with Gasteiger partial charge in [0.2, 0.25) is 0 Å². The lowest BCUT2D eigenvalue weighted by molar-refractivity contribution is 0.478.